The standard InChI is InChI=1S/C28H31NO3S/c1-4-9-23-21(3)27-25(14-18-28(32-27)16-7-5-6-8-17-28)26-24(23)15-19-29(26)33(30,31)22-12-10-20(2)11-13-22/h10-14,18H,5-8,15-17,19H2,1-3H3. The lowest BCUT2D eigenvalue weighted by molar-refractivity contribution is 0.0991. The van der Waals surface area contributed by atoms with Gasteiger partial charge in [-0.25, -0.2) is 8.42 Å². The first-order valence-electron chi connectivity index (χ1n) is 12.0. The minimum atomic E-state index is -3.69. The Kier molecular flexibility index (Phi) is 5.53. The van der Waals surface area contributed by atoms with Crippen LogP contribution in [-0.2, 0) is 16.4 Å². The molecule has 2 aromatic rings. The Morgan fingerprint density at radius 3 is 2.39 bits per heavy atom. The number of sulfonamides is 1. The van der Waals surface area contributed by atoms with Crippen molar-refractivity contribution < 1.29 is 13.2 Å². The van der Waals surface area contributed by atoms with Crippen molar-refractivity contribution in [3.8, 4) is 17.6 Å². The molecule has 1 spiro atoms. The summed E-state index contributed by atoms with van der Waals surface area (Å²) in [6.45, 7) is 6.27. The topological polar surface area (TPSA) is 46.6 Å². The highest BCUT2D eigenvalue weighted by molar-refractivity contribution is 7.92. The number of anilines is 1. The quantitative estimate of drug-likeness (QED) is 0.521. The number of fused-ring (bicyclic) bond motifs is 3. The van der Waals surface area contributed by atoms with Gasteiger partial charge in [0.1, 0.15) is 11.4 Å². The summed E-state index contributed by atoms with van der Waals surface area (Å²) in [5, 5.41) is 0. The number of nitrogens with zero attached hydrogens (tertiary/aromatic N) is 1. The van der Waals surface area contributed by atoms with Crippen molar-refractivity contribution in [2.75, 3.05) is 10.8 Å². The Bertz CT molecular complexity index is 1290. The van der Waals surface area contributed by atoms with Gasteiger partial charge in [0, 0.05) is 23.2 Å². The molecule has 1 fully saturated rings. The predicted molar refractivity (Wildman–Crippen MR) is 133 cm³/mol. The second kappa shape index (κ2) is 8.25. The molecule has 0 radical (unpaired) electrons. The Morgan fingerprint density at radius 1 is 1.03 bits per heavy atom. The first kappa shape index (κ1) is 22.1. The molecule has 0 bridgehead atoms. The molecule has 1 aliphatic carbocycles. The van der Waals surface area contributed by atoms with Gasteiger partial charge < -0.3 is 4.74 Å². The lowest BCUT2D eigenvalue weighted by Crippen LogP contribution is -2.36. The van der Waals surface area contributed by atoms with Crippen molar-refractivity contribution in [2.45, 2.75) is 76.2 Å². The first-order chi connectivity index (χ1) is 15.9. The van der Waals surface area contributed by atoms with Gasteiger partial charge in [-0.1, -0.05) is 36.5 Å². The summed E-state index contributed by atoms with van der Waals surface area (Å²) >= 11 is 0. The molecule has 0 amide bonds. The Morgan fingerprint density at radius 2 is 1.73 bits per heavy atom. The summed E-state index contributed by atoms with van der Waals surface area (Å²) in [6.07, 6.45) is 11.8. The molecule has 0 aromatic heterocycles. The summed E-state index contributed by atoms with van der Waals surface area (Å²) < 4.78 is 35.8. The third-order valence-corrected chi connectivity index (χ3v) is 9.10. The molecule has 0 saturated heterocycles. The van der Waals surface area contributed by atoms with Crippen LogP contribution < -0.4 is 9.04 Å². The van der Waals surface area contributed by atoms with Gasteiger partial charge in [-0.2, -0.15) is 0 Å². The van der Waals surface area contributed by atoms with Crippen LogP contribution in [0.15, 0.2) is 35.2 Å². The van der Waals surface area contributed by atoms with E-state index in [4.69, 9.17) is 4.74 Å². The SMILES string of the molecule is CC#Cc1c(C)c2c(c3c1CCN3S(=O)(=O)c1ccc(C)cc1)C=CC1(CCCCCC1)O2. The number of rotatable bonds is 2. The second-order valence-electron chi connectivity index (χ2n) is 9.50. The molecule has 2 heterocycles. The maximum absolute atomic E-state index is 13.7. The van der Waals surface area contributed by atoms with Crippen molar-refractivity contribution in [3.63, 3.8) is 0 Å². The summed E-state index contributed by atoms with van der Waals surface area (Å²) in [6, 6.07) is 7.09. The van der Waals surface area contributed by atoms with Crippen LogP contribution in [0.25, 0.3) is 6.08 Å². The van der Waals surface area contributed by atoms with E-state index < -0.39 is 10.0 Å². The number of hydrogen-bond acceptors (Lipinski definition) is 3. The number of ether oxygens (including phenoxy) is 1. The molecule has 33 heavy (non-hydrogen) atoms. The molecule has 0 atom stereocenters. The molecule has 1 saturated carbocycles. The van der Waals surface area contributed by atoms with Gasteiger partial charge in [-0.3, -0.25) is 4.31 Å². The fraction of sp³-hybridized carbons (Fsp3) is 0.429. The molecule has 172 valence electrons. The second-order valence-corrected chi connectivity index (χ2v) is 11.4. The van der Waals surface area contributed by atoms with Gasteiger partial charge in [-0.15, -0.1) is 5.92 Å². The van der Waals surface area contributed by atoms with Crippen molar-refractivity contribution >= 4 is 21.8 Å². The average Bonchev–Trinajstić information content (AvgIpc) is 3.13. The zero-order valence-corrected chi connectivity index (χ0v) is 20.5. The predicted octanol–water partition coefficient (Wildman–Crippen LogP) is 5.92. The van der Waals surface area contributed by atoms with E-state index in [2.05, 4.69) is 30.9 Å². The molecular weight excluding hydrogens is 430 g/mol. The molecule has 5 heteroatoms. The molecule has 0 N–H and O–H groups in total. The third kappa shape index (κ3) is 3.65. The highest BCUT2D eigenvalue weighted by atomic mass is 32.2. The molecule has 2 aromatic carbocycles. The Hall–Kier alpha value is -2.71. The van der Waals surface area contributed by atoms with Crippen molar-refractivity contribution in [3.05, 3.63) is 58.2 Å². The van der Waals surface area contributed by atoms with Gasteiger partial charge in [-0.05, 0) is 82.7 Å². The van der Waals surface area contributed by atoms with Crippen LogP contribution >= 0.6 is 0 Å². The maximum atomic E-state index is 13.7. The van der Waals surface area contributed by atoms with E-state index >= 15 is 0 Å². The van der Waals surface area contributed by atoms with Crippen LogP contribution in [0.1, 0.15) is 73.3 Å². The van der Waals surface area contributed by atoms with E-state index in [1.807, 2.05) is 26.0 Å². The normalized spacial score (nSPS) is 18.7. The molecular formula is C28H31NO3S. The van der Waals surface area contributed by atoms with E-state index in [1.165, 1.54) is 12.8 Å². The van der Waals surface area contributed by atoms with Crippen LogP contribution in [0, 0.1) is 25.7 Å². The monoisotopic (exact) mass is 461 g/mol. The minimum Gasteiger partial charge on any atom is -0.482 e. The van der Waals surface area contributed by atoms with E-state index in [9.17, 15) is 8.42 Å². The fourth-order valence-electron chi connectivity index (χ4n) is 5.51. The van der Waals surface area contributed by atoms with E-state index in [0.717, 1.165) is 64.9 Å². The van der Waals surface area contributed by atoms with Crippen molar-refractivity contribution in [2.24, 2.45) is 0 Å². The number of hydrogen-bond donors (Lipinski definition) is 0. The summed E-state index contributed by atoms with van der Waals surface area (Å²) in [5.74, 6) is 7.12. The largest absolute Gasteiger partial charge is 0.482 e. The zero-order chi connectivity index (χ0) is 23.2. The Balaban J connectivity index is 1.68. The highest BCUT2D eigenvalue weighted by Crippen LogP contribution is 2.49. The number of aryl methyl sites for hydroxylation is 1. The van der Waals surface area contributed by atoms with Crippen LogP contribution in [0.3, 0.4) is 0 Å². The summed E-state index contributed by atoms with van der Waals surface area (Å²) in [7, 11) is -3.69. The first-order valence-corrected chi connectivity index (χ1v) is 13.4. The minimum absolute atomic E-state index is 0.293. The van der Waals surface area contributed by atoms with E-state index in [-0.39, 0.29) is 5.60 Å². The van der Waals surface area contributed by atoms with Gasteiger partial charge >= 0.3 is 0 Å². The fourth-order valence-corrected chi connectivity index (χ4v) is 7.03. The van der Waals surface area contributed by atoms with Crippen LogP contribution in [-0.4, -0.2) is 20.6 Å². The van der Waals surface area contributed by atoms with Gasteiger partial charge in [0.15, 0.2) is 0 Å². The van der Waals surface area contributed by atoms with Crippen molar-refractivity contribution in [1.82, 2.24) is 0 Å². The van der Waals surface area contributed by atoms with Gasteiger partial charge in [0.2, 0.25) is 0 Å². The average molecular weight is 462 g/mol. The third-order valence-electron chi connectivity index (χ3n) is 7.29. The molecule has 5 rings (SSSR count). The van der Waals surface area contributed by atoms with Crippen LogP contribution in [0.4, 0.5) is 5.69 Å². The summed E-state index contributed by atoms with van der Waals surface area (Å²) in [5.41, 5.74) is 5.34. The van der Waals surface area contributed by atoms with E-state index in [1.54, 1.807) is 16.4 Å². The zero-order valence-electron chi connectivity index (χ0n) is 19.7. The lowest BCUT2D eigenvalue weighted by atomic mass is 9.87. The lowest BCUT2D eigenvalue weighted by Gasteiger charge is -2.37. The molecule has 0 unspecified atom stereocenters. The van der Waals surface area contributed by atoms with E-state index in [0.29, 0.717) is 17.9 Å². The smallest absolute Gasteiger partial charge is 0.264 e. The maximum Gasteiger partial charge on any atom is 0.264 e. The molecule has 3 aliphatic rings. The molecule has 4 nitrogen and oxygen atoms in total. The van der Waals surface area contributed by atoms with Gasteiger partial charge in [0.25, 0.3) is 10.0 Å². The highest BCUT2D eigenvalue weighted by Gasteiger charge is 2.40. The van der Waals surface area contributed by atoms with Gasteiger partial charge in [0.05, 0.1) is 10.6 Å². The number of benzene rings is 2. The van der Waals surface area contributed by atoms with Crippen LogP contribution in [0.2, 0.25) is 0 Å². The van der Waals surface area contributed by atoms with Crippen LogP contribution in [0.5, 0.6) is 5.75 Å². The molecule has 2 aliphatic heterocycles. The van der Waals surface area contributed by atoms with Crippen molar-refractivity contribution in [1.29, 1.82) is 0 Å². The Labute approximate surface area is 197 Å². The summed E-state index contributed by atoms with van der Waals surface area (Å²) in [4.78, 5) is 0.319.